The Morgan fingerprint density at radius 2 is 1.47 bits per heavy atom. The van der Waals surface area contributed by atoms with E-state index in [9.17, 15) is 14.4 Å². The molecule has 0 saturated heterocycles. The van der Waals surface area contributed by atoms with E-state index in [1.165, 1.54) is 18.3 Å². The Bertz CT molecular complexity index is 1350. The first-order chi connectivity index (χ1) is 17.2. The lowest BCUT2D eigenvalue weighted by Crippen LogP contribution is -2.32. The number of hydrogen-bond acceptors (Lipinski definition) is 5. The van der Waals surface area contributed by atoms with E-state index in [0.29, 0.717) is 26.5 Å². The van der Waals surface area contributed by atoms with Gasteiger partial charge in [-0.25, -0.2) is 5.43 Å². The van der Waals surface area contributed by atoms with E-state index in [4.69, 9.17) is 51.1 Å². The first-order valence-electron chi connectivity index (χ1n) is 9.90. The summed E-state index contributed by atoms with van der Waals surface area (Å²) in [4.78, 5) is 36.5. The molecule has 0 atom stereocenters. The van der Waals surface area contributed by atoms with Gasteiger partial charge in [0.05, 0.1) is 37.7 Å². The quantitative estimate of drug-likeness (QED) is 0.164. The Balaban J connectivity index is 1.60. The molecular formula is C23H15BrCl4N4O4. The van der Waals surface area contributed by atoms with Crippen LogP contribution in [0.2, 0.25) is 20.1 Å². The number of benzene rings is 3. The summed E-state index contributed by atoms with van der Waals surface area (Å²) in [5, 5.41) is 9.57. The third-order valence-electron chi connectivity index (χ3n) is 4.33. The van der Waals surface area contributed by atoms with Gasteiger partial charge in [0.1, 0.15) is 5.75 Å². The maximum absolute atomic E-state index is 12.3. The van der Waals surface area contributed by atoms with Crippen molar-refractivity contribution in [2.24, 2.45) is 5.10 Å². The fraction of sp³-hybridized carbons (Fsp3) is 0.0435. The van der Waals surface area contributed by atoms with Gasteiger partial charge in [0.15, 0.2) is 6.61 Å². The smallest absolute Gasteiger partial charge is 0.329 e. The number of amides is 3. The first kappa shape index (κ1) is 27.8. The van der Waals surface area contributed by atoms with Crippen LogP contribution in [0.15, 0.2) is 64.2 Å². The van der Waals surface area contributed by atoms with Gasteiger partial charge in [-0.1, -0.05) is 74.5 Å². The van der Waals surface area contributed by atoms with Crippen molar-refractivity contribution in [3.63, 3.8) is 0 Å². The average Bonchev–Trinajstić information content (AvgIpc) is 2.84. The lowest BCUT2D eigenvalue weighted by Gasteiger charge is -2.11. The molecule has 0 unspecified atom stereocenters. The summed E-state index contributed by atoms with van der Waals surface area (Å²) in [6, 6.07) is 14.4. The number of nitrogens with one attached hydrogen (secondary N) is 3. The third kappa shape index (κ3) is 7.59. The van der Waals surface area contributed by atoms with Gasteiger partial charge in [-0.3, -0.25) is 14.4 Å². The van der Waals surface area contributed by atoms with Crippen molar-refractivity contribution in [2.75, 3.05) is 17.2 Å². The zero-order valence-electron chi connectivity index (χ0n) is 18.0. The minimum atomic E-state index is -1.04. The van der Waals surface area contributed by atoms with Crippen LogP contribution < -0.4 is 20.8 Å². The van der Waals surface area contributed by atoms with Crippen molar-refractivity contribution in [3.8, 4) is 5.75 Å². The zero-order valence-corrected chi connectivity index (χ0v) is 22.6. The molecule has 0 fully saturated rings. The lowest BCUT2D eigenvalue weighted by molar-refractivity contribution is -0.136. The number of hydrogen-bond donors (Lipinski definition) is 3. The van der Waals surface area contributed by atoms with E-state index in [-0.39, 0.29) is 27.4 Å². The molecule has 3 aromatic carbocycles. The van der Waals surface area contributed by atoms with Gasteiger partial charge >= 0.3 is 11.8 Å². The molecule has 0 spiro atoms. The zero-order chi connectivity index (χ0) is 26.2. The number of carbonyl (C=O) groups excluding carboxylic acids is 3. The topological polar surface area (TPSA) is 109 Å². The molecule has 0 bridgehead atoms. The molecule has 0 radical (unpaired) electrons. The van der Waals surface area contributed by atoms with Crippen LogP contribution >= 0.6 is 62.3 Å². The minimum Gasteiger partial charge on any atom is -0.483 e. The van der Waals surface area contributed by atoms with Gasteiger partial charge in [-0.15, -0.1) is 0 Å². The van der Waals surface area contributed by atoms with Crippen LogP contribution in [0.3, 0.4) is 0 Å². The van der Waals surface area contributed by atoms with Crippen LogP contribution in [0.5, 0.6) is 5.75 Å². The van der Waals surface area contributed by atoms with Crippen LogP contribution in [-0.4, -0.2) is 30.5 Å². The Labute approximate surface area is 234 Å². The second-order valence-corrected chi connectivity index (χ2v) is 9.36. The molecule has 3 amide bonds. The Hall–Kier alpha value is -2.82. The molecule has 8 nitrogen and oxygen atoms in total. The van der Waals surface area contributed by atoms with Crippen LogP contribution in [0.25, 0.3) is 0 Å². The molecule has 0 aliphatic heterocycles. The molecule has 3 aromatic rings. The number of rotatable bonds is 7. The standard InChI is InChI=1S/C23H15BrCl4N4O4/c24-13-7-8-18(36-11-19(33)30-16-5-1-3-14(25)20(16)27)12(9-13)10-29-32-23(35)22(34)31-17-6-2-4-15(26)21(17)28/h1-10H,11H2,(H,30,33)(H,31,34)(H,32,35)/b29-10-. The lowest BCUT2D eigenvalue weighted by atomic mass is 10.2. The van der Waals surface area contributed by atoms with E-state index in [2.05, 4.69) is 37.1 Å². The summed E-state index contributed by atoms with van der Waals surface area (Å²) >= 11 is 27.3. The Morgan fingerprint density at radius 3 is 2.11 bits per heavy atom. The Kier molecular flexibility index (Phi) is 9.98. The maximum atomic E-state index is 12.3. The van der Waals surface area contributed by atoms with Crippen LogP contribution in [0, 0.1) is 0 Å². The predicted octanol–water partition coefficient (Wildman–Crippen LogP) is 6.17. The molecule has 0 aromatic heterocycles. The minimum absolute atomic E-state index is 0.0985. The molecule has 36 heavy (non-hydrogen) atoms. The SMILES string of the molecule is O=C(COc1ccc(Br)cc1/C=N\NC(=O)C(=O)Nc1cccc(Cl)c1Cl)Nc1cccc(Cl)c1Cl. The van der Waals surface area contributed by atoms with E-state index in [1.807, 2.05) is 0 Å². The summed E-state index contributed by atoms with van der Waals surface area (Å²) in [5.74, 6) is -2.23. The summed E-state index contributed by atoms with van der Waals surface area (Å²) < 4.78 is 6.27. The number of anilines is 2. The first-order valence-corrected chi connectivity index (χ1v) is 12.2. The normalized spacial score (nSPS) is 10.7. The number of carbonyl (C=O) groups is 3. The molecule has 0 heterocycles. The van der Waals surface area contributed by atoms with Crippen LogP contribution in [0.1, 0.15) is 5.56 Å². The Morgan fingerprint density at radius 1 is 0.861 bits per heavy atom. The van der Waals surface area contributed by atoms with Gasteiger partial charge < -0.3 is 15.4 Å². The number of ether oxygens (including phenoxy) is 1. The second-order valence-electron chi connectivity index (χ2n) is 6.88. The monoisotopic (exact) mass is 630 g/mol. The van der Waals surface area contributed by atoms with Crippen molar-refractivity contribution in [2.45, 2.75) is 0 Å². The number of halogens is 5. The summed E-state index contributed by atoms with van der Waals surface area (Å²) in [5.41, 5.74) is 3.04. The molecule has 3 N–H and O–H groups in total. The summed E-state index contributed by atoms with van der Waals surface area (Å²) in [6.07, 6.45) is 1.25. The maximum Gasteiger partial charge on any atom is 0.329 e. The third-order valence-corrected chi connectivity index (χ3v) is 6.46. The van der Waals surface area contributed by atoms with E-state index < -0.39 is 17.7 Å². The highest BCUT2D eigenvalue weighted by atomic mass is 79.9. The highest BCUT2D eigenvalue weighted by Crippen LogP contribution is 2.30. The number of hydrazone groups is 1. The second kappa shape index (κ2) is 12.9. The highest BCUT2D eigenvalue weighted by molar-refractivity contribution is 9.10. The molecule has 0 aliphatic rings. The highest BCUT2D eigenvalue weighted by Gasteiger charge is 2.16. The molecule has 3 rings (SSSR count). The predicted molar refractivity (Wildman–Crippen MR) is 146 cm³/mol. The molecular weight excluding hydrogens is 618 g/mol. The fourth-order valence-corrected chi connectivity index (χ4v) is 3.75. The van der Waals surface area contributed by atoms with Gasteiger partial charge in [-0.2, -0.15) is 5.10 Å². The fourth-order valence-electron chi connectivity index (χ4n) is 2.67. The molecule has 0 aliphatic carbocycles. The van der Waals surface area contributed by atoms with Crippen molar-refractivity contribution in [1.82, 2.24) is 5.43 Å². The van der Waals surface area contributed by atoms with Gasteiger partial charge in [0.2, 0.25) is 0 Å². The van der Waals surface area contributed by atoms with Crippen molar-refractivity contribution < 1.29 is 19.1 Å². The van der Waals surface area contributed by atoms with Gasteiger partial charge in [-0.05, 0) is 42.5 Å². The largest absolute Gasteiger partial charge is 0.483 e. The van der Waals surface area contributed by atoms with Gasteiger partial charge in [0.25, 0.3) is 5.91 Å². The van der Waals surface area contributed by atoms with Crippen LogP contribution in [0.4, 0.5) is 11.4 Å². The number of nitrogens with zero attached hydrogens (tertiary/aromatic N) is 1. The summed E-state index contributed by atoms with van der Waals surface area (Å²) in [6.45, 7) is -0.347. The summed E-state index contributed by atoms with van der Waals surface area (Å²) in [7, 11) is 0. The van der Waals surface area contributed by atoms with Crippen molar-refractivity contribution in [3.05, 3.63) is 84.7 Å². The van der Waals surface area contributed by atoms with E-state index >= 15 is 0 Å². The van der Waals surface area contributed by atoms with Crippen molar-refractivity contribution >= 4 is 97.6 Å². The van der Waals surface area contributed by atoms with Crippen molar-refractivity contribution in [1.29, 1.82) is 0 Å². The van der Waals surface area contributed by atoms with E-state index in [1.54, 1.807) is 42.5 Å². The van der Waals surface area contributed by atoms with Gasteiger partial charge in [0, 0.05) is 10.0 Å². The molecule has 13 heteroatoms. The molecule has 186 valence electrons. The van der Waals surface area contributed by atoms with Crippen LogP contribution in [-0.2, 0) is 14.4 Å². The average molecular weight is 633 g/mol. The van der Waals surface area contributed by atoms with E-state index in [0.717, 1.165) is 0 Å². The molecule has 0 saturated carbocycles.